The van der Waals surface area contributed by atoms with Gasteiger partial charge in [-0.3, -0.25) is 4.79 Å². The lowest BCUT2D eigenvalue weighted by Crippen LogP contribution is -2.27. The quantitative estimate of drug-likeness (QED) is 0.601. The molecule has 1 rings (SSSR count). The van der Waals surface area contributed by atoms with Gasteiger partial charge in [-0.2, -0.15) is 0 Å². The van der Waals surface area contributed by atoms with E-state index < -0.39 is 12.0 Å². The van der Waals surface area contributed by atoms with Gasteiger partial charge in [-0.1, -0.05) is 29.8 Å². The molecular weight excluding hydrogens is 256 g/mol. The van der Waals surface area contributed by atoms with Crippen molar-refractivity contribution in [2.75, 3.05) is 26.3 Å². The number of carbonyl (C=O) groups is 1. The van der Waals surface area contributed by atoms with Gasteiger partial charge in [0.05, 0.1) is 12.7 Å². The highest BCUT2D eigenvalue weighted by molar-refractivity contribution is 6.31. The molecule has 0 radical (unpaired) electrons. The smallest absolute Gasteiger partial charge is 0.243 e. The molecule has 0 aromatic heterocycles. The van der Waals surface area contributed by atoms with Gasteiger partial charge in [0.25, 0.3) is 0 Å². The maximum absolute atomic E-state index is 10.4. The van der Waals surface area contributed by atoms with Gasteiger partial charge in [-0.15, -0.1) is 0 Å². The third-order valence-electron chi connectivity index (χ3n) is 2.27. The Hall–Kier alpha value is -1.14. The topological polar surface area (TPSA) is 84.6 Å². The summed E-state index contributed by atoms with van der Waals surface area (Å²) < 4.78 is 4.96. The van der Waals surface area contributed by atoms with Crippen molar-refractivity contribution in [3.63, 3.8) is 0 Å². The van der Waals surface area contributed by atoms with Gasteiger partial charge in [0.1, 0.15) is 6.61 Å². The lowest BCUT2D eigenvalue weighted by Gasteiger charge is -2.13. The predicted molar refractivity (Wildman–Crippen MR) is 69.3 cm³/mol. The number of aliphatic hydroxyl groups is 1. The Morgan fingerprint density at radius 2 is 2.22 bits per heavy atom. The normalized spacial score (nSPS) is 12.3. The van der Waals surface area contributed by atoms with Crippen molar-refractivity contribution in [3.8, 4) is 0 Å². The summed E-state index contributed by atoms with van der Waals surface area (Å²) in [6.45, 7) is 1.16. The molecule has 0 spiro atoms. The standard InChI is InChI=1S/C12H17ClN2O3/c13-10-4-2-1-3-9(10)11(16)7-15-5-6-18-8-12(14)17/h1-4,11,15-16H,5-8H2,(H2,14,17). The van der Waals surface area contributed by atoms with E-state index in [2.05, 4.69) is 5.32 Å². The Bertz CT molecular complexity index is 387. The average molecular weight is 273 g/mol. The zero-order valence-corrected chi connectivity index (χ0v) is 10.7. The molecule has 0 aliphatic rings. The number of ether oxygens (including phenoxy) is 1. The largest absolute Gasteiger partial charge is 0.387 e. The molecule has 1 amide bonds. The first-order valence-electron chi connectivity index (χ1n) is 5.60. The molecule has 0 bridgehead atoms. The van der Waals surface area contributed by atoms with E-state index in [0.29, 0.717) is 30.3 Å². The van der Waals surface area contributed by atoms with E-state index in [1.807, 2.05) is 12.1 Å². The van der Waals surface area contributed by atoms with Crippen LogP contribution in [0.15, 0.2) is 24.3 Å². The molecule has 1 unspecified atom stereocenters. The SMILES string of the molecule is NC(=O)COCCNCC(O)c1ccccc1Cl. The average Bonchev–Trinajstić information content (AvgIpc) is 2.33. The number of aliphatic hydroxyl groups excluding tert-OH is 1. The minimum absolute atomic E-state index is 0.0885. The maximum atomic E-state index is 10.4. The molecule has 18 heavy (non-hydrogen) atoms. The van der Waals surface area contributed by atoms with Crippen LogP contribution in [0.5, 0.6) is 0 Å². The number of amides is 1. The Morgan fingerprint density at radius 1 is 1.50 bits per heavy atom. The lowest BCUT2D eigenvalue weighted by atomic mass is 10.1. The number of primary amides is 1. The summed E-state index contributed by atoms with van der Waals surface area (Å²) in [4.78, 5) is 10.4. The highest BCUT2D eigenvalue weighted by atomic mass is 35.5. The van der Waals surface area contributed by atoms with Crippen molar-refractivity contribution in [2.24, 2.45) is 5.73 Å². The maximum Gasteiger partial charge on any atom is 0.243 e. The number of nitrogens with two attached hydrogens (primary N) is 1. The molecule has 0 saturated heterocycles. The van der Waals surface area contributed by atoms with Crippen LogP contribution in [0.25, 0.3) is 0 Å². The Kier molecular flexibility index (Phi) is 6.67. The fourth-order valence-corrected chi connectivity index (χ4v) is 1.67. The summed E-state index contributed by atoms with van der Waals surface area (Å²) in [7, 11) is 0. The summed E-state index contributed by atoms with van der Waals surface area (Å²) in [5.41, 5.74) is 5.59. The molecule has 100 valence electrons. The van der Waals surface area contributed by atoms with E-state index in [9.17, 15) is 9.90 Å². The van der Waals surface area contributed by atoms with E-state index in [1.165, 1.54) is 0 Å². The van der Waals surface area contributed by atoms with Crippen molar-refractivity contribution in [3.05, 3.63) is 34.9 Å². The first-order chi connectivity index (χ1) is 8.61. The van der Waals surface area contributed by atoms with Crippen LogP contribution in [0.1, 0.15) is 11.7 Å². The van der Waals surface area contributed by atoms with Gasteiger partial charge in [0, 0.05) is 23.7 Å². The Morgan fingerprint density at radius 3 is 2.89 bits per heavy atom. The van der Waals surface area contributed by atoms with Gasteiger partial charge >= 0.3 is 0 Å². The predicted octanol–water partition coefficient (Wildman–Crippen LogP) is 0.465. The molecule has 6 heteroatoms. The minimum atomic E-state index is -0.671. The Balaban J connectivity index is 2.20. The minimum Gasteiger partial charge on any atom is -0.387 e. The van der Waals surface area contributed by atoms with Gasteiger partial charge in [0.2, 0.25) is 5.91 Å². The first kappa shape index (κ1) is 14.9. The molecule has 1 aromatic rings. The van der Waals surface area contributed by atoms with E-state index in [0.717, 1.165) is 0 Å². The zero-order valence-electron chi connectivity index (χ0n) is 9.93. The molecule has 4 N–H and O–H groups in total. The molecule has 0 fully saturated rings. The van der Waals surface area contributed by atoms with Crippen LogP contribution in [0.4, 0.5) is 0 Å². The molecule has 0 aliphatic carbocycles. The van der Waals surface area contributed by atoms with Gasteiger partial charge in [-0.25, -0.2) is 0 Å². The van der Waals surface area contributed by atoms with Gasteiger partial charge in [-0.05, 0) is 6.07 Å². The van der Waals surface area contributed by atoms with Crippen LogP contribution in [-0.2, 0) is 9.53 Å². The number of carbonyl (C=O) groups excluding carboxylic acids is 1. The molecule has 0 saturated carbocycles. The highest BCUT2D eigenvalue weighted by Crippen LogP contribution is 2.21. The van der Waals surface area contributed by atoms with Crippen LogP contribution in [0, 0.1) is 0 Å². The second-order valence-electron chi connectivity index (χ2n) is 3.76. The number of benzene rings is 1. The molecule has 1 aromatic carbocycles. The summed E-state index contributed by atoms with van der Waals surface area (Å²) in [6, 6.07) is 7.14. The van der Waals surface area contributed by atoms with Crippen LogP contribution in [0.2, 0.25) is 5.02 Å². The highest BCUT2D eigenvalue weighted by Gasteiger charge is 2.09. The molecule has 5 nitrogen and oxygen atoms in total. The number of nitrogens with one attached hydrogen (secondary N) is 1. The Labute approximate surface area is 111 Å². The summed E-state index contributed by atoms with van der Waals surface area (Å²) >= 11 is 5.95. The number of rotatable bonds is 8. The van der Waals surface area contributed by atoms with Crippen LogP contribution in [0.3, 0.4) is 0 Å². The number of hydrogen-bond donors (Lipinski definition) is 3. The number of hydrogen-bond acceptors (Lipinski definition) is 4. The van der Waals surface area contributed by atoms with Gasteiger partial charge < -0.3 is 20.9 Å². The molecule has 1 atom stereocenters. The number of halogens is 1. The van der Waals surface area contributed by atoms with E-state index in [4.69, 9.17) is 22.1 Å². The molecule has 0 heterocycles. The van der Waals surface area contributed by atoms with Crippen LogP contribution in [-0.4, -0.2) is 37.3 Å². The third kappa shape index (κ3) is 5.46. The van der Waals surface area contributed by atoms with Crippen LogP contribution >= 0.6 is 11.6 Å². The van der Waals surface area contributed by atoms with Crippen molar-refractivity contribution in [1.29, 1.82) is 0 Å². The molecular formula is C12H17ClN2O3. The van der Waals surface area contributed by atoms with E-state index in [-0.39, 0.29) is 6.61 Å². The van der Waals surface area contributed by atoms with Gasteiger partial charge in [0.15, 0.2) is 0 Å². The zero-order chi connectivity index (χ0) is 13.4. The van der Waals surface area contributed by atoms with Crippen molar-refractivity contribution >= 4 is 17.5 Å². The van der Waals surface area contributed by atoms with Crippen molar-refractivity contribution in [1.82, 2.24) is 5.32 Å². The second-order valence-corrected chi connectivity index (χ2v) is 4.17. The van der Waals surface area contributed by atoms with E-state index in [1.54, 1.807) is 12.1 Å². The molecule has 0 aliphatic heterocycles. The second kappa shape index (κ2) is 8.05. The first-order valence-corrected chi connectivity index (χ1v) is 5.98. The monoisotopic (exact) mass is 272 g/mol. The van der Waals surface area contributed by atoms with Crippen molar-refractivity contribution < 1.29 is 14.6 Å². The summed E-state index contributed by atoms with van der Waals surface area (Å²) in [6.07, 6.45) is -0.671. The lowest BCUT2D eigenvalue weighted by molar-refractivity contribution is -0.122. The third-order valence-corrected chi connectivity index (χ3v) is 2.61. The van der Waals surface area contributed by atoms with Crippen LogP contribution < -0.4 is 11.1 Å². The summed E-state index contributed by atoms with van der Waals surface area (Å²) in [5, 5.41) is 13.4. The summed E-state index contributed by atoms with van der Waals surface area (Å²) in [5.74, 6) is -0.494. The fraction of sp³-hybridized carbons (Fsp3) is 0.417. The van der Waals surface area contributed by atoms with E-state index >= 15 is 0 Å². The fourth-order valence-electron chi connectivity index (χ4n) is 1.41. The van der Waals surface area contributed by atoms with Crippen molar-refractivity contribution in [2.45, 2.75) is 6.10 Å².